The minimum Gasteiger partial charge on any atom is -0.307 e. The maximum absolute atomic E-state index is 12.0. The van der Waals surface area contributed by atoms with Crippen molar-refractivity contribution in [1.82, 2.24) is 14.8 Å². The number of urea groups is 1. The van der Waals surface area contributed by atoms with E-state index in [-0.39, 0.29) is 0 Å². The van der Waals surface area contributed by atoms with Crippen molar-refractivity contribution in [2.24, 2.45) is 5.10 Å². The number of fused-ring (bicyclic) bond motifs is 1. The van der Waals surface area contributed by atoms with Gasteiger partial charge in [-0.3, -0.25) is 4.40 Å². The Kier molecular flexibility index (Phi) is 4.44. The first-order chi connectivity index (χ1) is 12.8. The lowest BCUT2D eigenvalue weighted by Gasteiger charge is -2.03. The summed E-state index contributed by atoms with van der Waals surface area (Å²) in [6.07, 6.45) is 3.55. The van der Waals surface area contributed by atoms with Crippen molar-refractivity contribution < 1.29 is 4.79 Å². The molecule has 0 aliphatic rings. The Labute approximate surface area is 153 Å². The molecule has 2 aromatic heterocycles. The van der Waals surface area contributed by atoms with E-state index >= 15 is 0 Å². The molecule has 0 radical (unpaired) electrons. The lowest BCUT2D eigenvalue weighted by molar-refractivity contribution is 0.252. The molecule has 4 aromatic rings. The number of carbonyl (C=O) groups is 1. The maximum Gasteiger partial charge on any atom is 0.339 e. The quantitative estimate of drug-likeness (QED) is 0.422. The summed E-state index contributed by atoms with van der Waals surface area (Å²) < 4.78 is 1.95. The summed E-state index contributed by atoms with van der Waals surface area (Å²) >= 11 is 1.55. The number of aromatic nitrogens is 2. The SMILES string of the molecule is O=C(N/N=C/c1c(-c2ccccc2)nc2sccn12)Nc1ccccc1. The van der Waals surface area contributed by atoms with Crippen LogP contribution in [0, 0.1) is 0 Å². The second-order valence-corrected chi connectivity index (χ2v) is 6.33. The first-order valence-electron chi connectivity index (χ1n) is 7.97. The number of carbonyl (C=O) groups excluding carboxylic acids is 1. The van der Waals surface area contributed by atoms with Gasteiger partial charge in [-0.1, -0.05) is 48.5 Å². The summed E-state index contributed by atoms with van der Waals surface area (Å²) in [4.78, 5) is 17.5. The van der Waals surface area contributed by atoms with Crippen molar-refractivity contribution in [3.8, 4) is 11.3 Å². The third-order valence-electron chi connectivity index (χ3n) is 3.73. The van der Waals surface area contributed by atoms with E-state index in [4.69, 9.17) is 0 Å². The highest BCUT2D eigenvalue weighted by Crippen LogP contribution is 2.25. The number of para-hydroxylation sites is 1. The topological polar surface area (TPSA) is 70.8 Å². The van der Waals surface area contributed by atoms with Crippen LogP contribution in [-0.2, 0) is 0 Å². The predicted molar refractivity (Wildman–Crippen MR) is 105 cm³/mol. The first-order valence-corrected chi connectivity index (χ1v) is 8.85. The van der Waals surface area contributed by atoms with Gasteiger partial charge in [-0.2, -0.15) is 5.10 Å². The van der Waals surface area contributed by atoms with Gasteiger partial charge in [0.25, 0.3) is 0 Å². The van der Waals surface area contributed by atoms with Crippen molar-refractivity contribution in [3.05, 3.63) is 77.9 Å². The zero-order valence-electron chi connectivity index (χ0n) is 13.7. The molecular formula is C19H15N5OS. The molecule has 128 valence electrons. The van der Waals surface area contributed by atoms with Crippen LogP contribution >= 0.6 is 11.3 Å². The molecule has 2 N–H and O–H groups in total. The van der Waals surface area contributed by atoms with Crippen LogP contribution in [0.5, 0.6) is 0 Å². The van der Waals surface area contributed by atoms with Crippen LogP contribution in [0.15, 0.2) is 77.3 Å². The van der Waals surface area contributed by atoms with Crippen molar-refractivity contribution >= 4 is 34.2 Å². The fourth-order valence-corrected chi connectivity index (χ4v) is 3.29. The molecule has 6 nitrogen and oxygen atoms in total. The summed E-state index contributed by atoms with van der Waals surface area (Å²) in [6, 6.07) is 18.7. The Morgan fingerprint density at radius 1 is 1.08 bits per heavy atom. The van der Waals surface area contributed by atoms with E-state index in [0.29, 0.717) is 5.69 Å². The number of benzene rings is 2. The number of hydrogen-bond acceptors (Lipinski definition) is 4. The molecule has 0 saturated carbocycles. The summed E-state index contributed by atoms with van der Waals surface area (Å²) in [5.74, 6) is 0. The van der Waals surface area contributed by atoms with Crippen molar-refractivity contribution in [1.29, 1.82) is 0 Å². The number of hydrogen-bond donors (Lipinski definition) is 2. The average molecular weight is 361 g/mol. The summed E-state index contributed by atoms with van der Waals surface area (Å²) in [5, 5.41) is 8.76. The molecule has 0 saturated heterocycles. The molecule has 2 aromatic carbocycles. The highest BCUT2D eigenvalue weighted by atomic mass is 32.1. The van der Waals surface area contributed by atoms with Gasteiger partial charge in [0.15, 0.2) is 4.96 Å². The molecule has 0 fully saturated rings. The summed E-state index contributed by atoms with van der Waals surface area (Å²) in [7, 11) is 0. The minimum atomic E-state index is -0.403. The molecule has 0 unspecified atom stereocenters. The van der Waals surface area contributed by atoms with Crippen LogP contribution in [-0.4, -0.2) is 21.6 Å². The minimum absolute atomic E-state index is 0.403. The van der Waals surface area contributed by atoms with Gasteiger partial charge in [0.2, 0.25) is 0 Å². The Bertz CT molecular complexity index is 1050. The molecule has 2 heterocycles. The number of nitrogens with one attached hydrogen (secondary N) is 2. The Hall–Kier alpha value is -3.45. The third kappa shape index (κ3) is 3.33. The zero-order chi connectivity index (χ0) is 17.8. The van der Waals surface area contributed by atoms with Gasteiger partial charge in [0.05, 0.1) is 17.6 Å². The summed E-state index contributed by atoms with van der Waals surface area (Å²) in [6.45, 7) is 0. The standard InChI is InChI=1S/C19H15N5OS/c25-18(21-15-9-5-2-6-10-15)23-20-13-16-17(14-7-3-1-4-8-14)22-19-24(16)11-12-26-19/h1-13H,(H2,21,23,25)/b20-13+. The van der Waals surface area contributed by atoms with Gasteiger partial charge in [0.1, 0.15) is 0 Å². The second-order valence-electron chi connectivity index (χ2n) is 5.46. The van der Waals surface area contributed by atoms with Crippen LogP contribution in [0.25, 0.3) is 16.2 Å². The van der Waals surface area contributed by atoms with Gasteiger partial charge in [-0.25, -0.2) is 15.2 Å². The fourth-order valence-electron chi connectivity index (χ4n) is 2.57. The van der Waals surface area contributed by atoms with E-state index in [2.05, 4.69) is 20.8 Å². The number of hydrazone groups is 1. The number of imidazole rings is 1. The van der Waals surface area contributed by atoms with E-state index in [0.717, 1.165) is 21.9 Å². The van der Waals surface area contributed by atoms with Crippen LogP contribution in [0.4, 0.5) is 10.5 Å². The van der Waals surface area contributed by atoms with Crippen LogP contribution in [0.3, 0.4) is 0 Å². The van der Waals surface area contributed by atoms with Crippen LogP contribution < -0.4 is 10.7 Å². The monoisotopic (exact) mass is 361 g/mol. The van der Waals surface area contributed by atoms with Gasteiger partial charge in [-0.05, 0) is 12.1 Å². The molecule has 4 rings (SSSR count). The maximum atomic E-state index is 12.0. The van der Waals surface area contributed by atoms with Gasteiger partial charge in [0, 0.05) is 22.8 Å². The first kappa shape index (κ1) is 16.0. The number of amides is 2. The lowest BCUT2D eigenvalue weighted by Crippen LogP contribution is -2.24. The molecular weight excluding hydrogens is 346 g/mol. The molecule has 0 spiro atoms. The smallest absolute Gasteiger partial charge is 0.307 e. The molecule has 26 heavy (non-hydrogen) atoms. The Balaban J connectivity index is 1.55. The second kappa shape index (κ2) is 7.20. The number of nitrogens with zero attached hydrogens (tertiary/aromatic N) is 3. The Morgan fingerprint density at radius 2 is 1.81 bits per heavy atom. The number of thiazole rings is 1. The fraction of sp³-hybridized carbons (Fsp3) is 0. The largest absolute Gasteiger partial charge is 0.339 e. The van der Waals surface area contributed by atoms with Crippen molar-refractivity contribution in [2.75, 3.05) is 5.32 Å². The van der Waals surface area contributed by atoms with E-state index in [1.165, 1.54) is 0 Å². The molecule has 0 bridgehead atoms. The number of rotatable bonds is 4. The van der Waals surface area contributed by atoms with E-state index < -0.39 is 6.03 Å². The van der Waals surface area contributed by atoms with Crippen LogP contribution in [0.2, 0.25) is 0 Å². The zero-order valence-corrected chi connectivity index (χ0v) is 14.5. The van der Waals surface area contributed by atoms with Crippen molar-refractivity contribution in [2.45, 2.75) is 0 Å². The van der Waals surface area contributed by atoms with Gasteiger partial charge in [-0.15, -0.1) is 11.3 Å². The molecule has 0 aliphatic heterocycles. The van der Waals surface area contributed by atoms with E-state index in [9.17, 15) is 4.79 Å². The number of anilines is 1. The highest BCUT2D eigenvalue weighted by molar-refractivity contribution is 7.15. The van der Waals surface area contributed by atoms with E-state index in [1.54, 1.807) is 17.6 Å². The molecule has 0 atom stereocenters. The summed E-state index contributed by atoms with van der Waals surface area (Å²) in [5.41, 5.74) is 5.83. The predicted octanol–water partition coefficient (Wildman–Crippen LogP) is 4.22. The van der Waals surface area contributed by atoms with E-state index in [1.807, 2.05) is 76.6 Å². The normalized spacial score (nSPS) is 11.1. The highest BCUT2D eigenvalue weighted by Gasteiger charge is 2.13. The molecule has 7 heteroatoms. The van der Waals surface area contributed by atoms with Crippen LogP contribution in [0.1, 0.15) is 5.69 Å². The Morgan fingerprint density at radius 3 is 2.58 bits per heavy atom. The van der Waals surface area contributed by atoms with Gasteiger partial charge < -0.3 is 5.32 Å². The third-order valence-corrected chi connectivity index (χ3v) is 4.49. The lowest BCUT2D eigenvalue weighted by atomic mass is 10.1. The molecule has 2 amide bonds. The van der Waals surface area contributed by atoms with Gasteiger partial charge >= 0.3 is 6.03 Å². The average Bonchev–Trinajstić information content (AvgIpc) is 3.25. The van der Waals surface area contributed by atoms with Crippen molar-refractivity contribution in [3.63, 3.8) is 0 Å². The molecule has 0 aliphatic carbocycles.